The van der Waals surface area contributed by atoms with E-state index in [4.69, 9.17) is 4.74 Å². The molecule has 2 heteroatoms. The van der Waals surface area contributed by atoms with Crippen LogP contribution in [0, 0.1) is 5.92 Å². The van der Waals surface area contributed by atoms with E-state index in [0.29, 0.717) is 18.9 Å². The van der Waals surface area contributed by atoms with Crippen molar-refractivity contribution in [1.82, 2.24) is 0 Å². The van der Waals surface area contributed by atoms with Crippen molar-refractivity contribution in [3.63, 3.8) is 0 Å². The Morgan fingerprint density at radius 2 is 2.21 bits per heavy atom. The monoisotopic (exact) mass is 198 g/mol. The van der Waals surface area contributed by atoms with E-state index in [-0.39, 0.29) is 5.97 Å². The molecule has 0 aliphatic carbocycles. The molecule has 0 aliphatic rings. The summed E-state index contributed by atoms with van der Waals surface area (Å²) in [6.45, 7) is 8.11. The van der Waals surface area contributed by atoms with Crippen molar-refractivity contribution in [1.29, 1.82) is 0 Å². The molecule has 1 atom stereocenters. The maximum atomic E-state index is 11.2. The first kappa shape index (κ1) is 13.2. The Hall–Kier alpha value is -0.790. The van der Waals surface area contributed by atoms with Gasteiger partial charge in [-0.1, -0.05) is 52.2 Å². The van der Waals surface area contributed by atoms with Gasteiger partial charge in [0.2, 0.25) is 0 Å². The summed E-state index contributed by atoms with van der Waals surface area (Å²) in [5.41, 5.74) is 0. The van der Waals surface area contributed by atoms with E-state index in [9.17, 15) is 4.79 Å². The van der Waals surface area contributed by atoms with Crippen molar-refractivity contribution in [3.05, 3.63) is 12.7 Å². The van der Waals surface area contributed by atoms with E-state index < -0.39 is 0 Å². The van der Waals surface area contributed by atoms with Crippen LogP contribution in [0.4, 0.5) is 0 Å². The maximum Gasteiger partial charge on any atom is 0.306 e. The van der Waals surface area contributed by atoms with Crippen LogP contribution in [-0.2, 0) is 9.53 Å². The van der Waals surface area contributed by atoms with Crippen LogP contribution in [-0.4, -0.2) is 12.6 Å². The van der Waals surface area contributed by atoms with Crippen molar-refractivity contribution in [3.8, 4) is 0 Å². The summed E-state index contributed by atoms with van der Waals surface area (Å²) in [7, 11) is 0. The molecule has 0 saturated heterocycles. The van der Waals surface area contributed by atoms with Gasteiger partial charge in [-0.25, -0.2) is 0 Å². The van der Waals surface area contributed by atoms with Crippen LogP contribution in [0.15, 0.2) is 12.7 Å². The molecule has 0 amide bonds. The van der Waals surface area contributed by atoms with Gasteiger partial charge in [0.05, 0.1) is 0 Å². The number of esters is 1. The molecule has 0 N–H and O–H groups in total. The molecule has 1 unspecified atom stereocenters. The normalized spacial score (nSPS) is 12.1. The summed E-state index contributed by atoms with van der Waals surface area (Å²) >= 11 is 0. The van der Waals surface area contributed by atoms with Crippen LogP contribution < -0.4 is 0 Å². The minimum Gasteiger partial charge on any atom is -0.461 e. The quantitative estimate of drug-likeness (QED) is 0.340. The molecule has 0 aromatic rings. The first-order valence-electron chi connectivity index (χ1n) is 5.47. The first-order valence-corrected chi connectivity index (χ1v) is 5.47. The molecule has 0 bridgehead atoms. The molecule has 0 spiro atoms. The maximum absolute atomic E-state index is 11.2. The largest absolute Gasteiger partial charge is 0.461 e. The SMILES string of the molecule is C=CCOC(=O)CC(C)CCCCC. The predicted molar refractivity (Wildman–Crippen MR) is 59.1 cm³/mol. The topological polar surface area (TPSA) is 26.3 Å². The lowest BCUT2D eigenvalue weighted by Crippen LogP contribution is -2.09. The second kappa shape index (κ2) is 8.79. The second-order valence-electron chi connectivity index (χ2n) is 3.78. The minimum absolute atomic E-state index is 0.103. The molecule has 0 rings (SSSR count). The summed E-state index contributed by atoms with van der Waals surface area (Å²) in [6.07, 6.45) is 6.96. The second-order valence-corrected chi connectivity index (χ2v) is 3.78. The van der Waals surface area contributed by atoms with Crippen molar-refractivity contribution < 1.29 is 9.53 Å². The molecule has 14 heavy (non-hydrogen) atoms. The van der Waals surface area contributed by atoms with Gasteiger partial charge in [-0.2, -0.15) is 0 Å². The van der Waals surface area contributed by atoms with E-state index in [2.05, 4.69) is 20.4 Å². The highest BCUT2D eigenvalue weighted by atomic mass is 16.5. The van der Waals surface area contributed by atoms with E-state index >= 15 is 0 Å². The van der Waals surface area contributed by atoms with Gasteiger partial charge in [-0.15, -0.1) is 0 Å². The molecule has 2 nitrogen and oxygen atoms in total. The van der Waals surface area contributed by atoms with Crippen LogP contribution in [0.2, 0.25) is 0 Å². The van der Waals surface area contributed by atoms with Crippen molar-refractivity contribution >= 4 is 5.97 Å². The lowest BCUT2D eigenvalue weighted by atomic mass is 10.0. The molecule has 0 aromatic carbocycles. The van der Waals surface area contributed by atoms with Crippen LogP contribution in [0.25, 0.3) is 0 Å². The number of hydrogen-bond donors (Lipinski definition) is 0. The molecule has 0 radical (unpaired) electrons. The Kier molecular flexibility index (Phi) is 8.30. The van der Waals surface area contributed by atoms with Gasteiger partial charge in [-0.3, -0.25) is 4.79 Å². The molecule has 0 aliphatic heterocycles. The van der Waals surface area contributed by atoms with Gasteiger partial charge in [-0.05, 0) is 5.92 Å². The molecule has 0 fully saturated rings. The van der Waals surface area contributed by atoms with Crippen LogP contribution in [0.1, 0.15) is 46.0 Å². The van der Waals surface area contributed by atoms with E-state index in [1.165, 1.54) is 19.3 Å². The van der Waals surface area contributed by atoms with E-state index in [0.717, 1.165) is 6.42 Å². The molecule has 0 heterocycles. The highest BCUT2D eigenvalue weighted by molar-refractivity contribution is 5.69. The van der Waals surface area contributed by atoms with Gasteiger partial charge < -0.3 is 4.74 Å². The highest BCUT2D eigenvalue weighted by Gasteiger charge is 2.08. The number of carbonyl (C=O) groups is 1. The minimum atomic E-state index is -0.103. The number of carbonyl (C=O) groups excluding carboxylic acids is 1. The summed E-state index contributed by atoms with van der Waals surface area (Å²) < 4.78 is 4.91. The molecular weight excluding hydrogens is 176 g/mol. The van der Waals surface area contributed by atoms with Crippen molar-refractivity contribution in [2.45, 2.75) is 46.0 Å². The summed E-state index contributed by atoms with van der Waals surface area (Å²) in [5, 5.41) is 0. The third kappa shape index (κ3) is 7.84. The van der Waals surface area contributed by atoms with Gasteiger partial charge in [0, 0.05) is 6.42 Å². The van der Waals surface area contributed by atoms with Crippen LogP contribution in [0.3, 0.4) is 0 Å². The van der Waals surface area contributed by atoms with Gasteiger partial charge in [0.15, 0.2) is 0 Å². The summed E-state index contributed by atoms with van der Waals surface area (Å²) in [6, 6.07) is 0. The Morgan fingerprint density at radius 3 is 2.79 bits per heavy atom. The highest BCUT2D eigenvalue weighted by Crippen LogP contribution is 2.13. The first-order chi connectivity index (χ1) is 6.70. The Morgan fingerprint density at radius 1 is 1.50 bits per heavy atom. The third-order valence-electron chi connectivity index (χ3n) is 2.18. The summed E-state index contributed by atoms with van der Waals surface area (Å²) in [5.74, 6) is 0.341. The van der Waals surface area contributed by atoms with Gasteiger partial charge in [0.1, 0.15) is 6.61 Å². The molecular formula is C12H22O2. The smallest absolute Gasteiger partial charge is 0.306 e. The van der Waals surface area contributed by atoms with Crippen LogP contribution in [0.5, 0.6) is 0 Å². The number of rotatable bonds is 8. The zero-order valence-corrected chi connectivity index (χ0v) is 9.42. The zero-order valence-electron chi connectivity index (χ0n) is 9.42. The van der Waals surface area contributed by atoms with E-state index in [1.807, 2.05) is 0 Å². The average Bonchev–Trinajstić information content (AvgIpc) is 2.15. The number of hydrogen-bond acceptors (Lipinski definition) is 2. The van der Waals surface area contributed by atoms with Crippen LogP contribution >= 0.6 is 0 Å². The fourth-order valence-electron chi connectivity index (χ4n) is 1.34. The fraction of sp³-hybridized carbons (Fsp3) is 0.750. The fourth-order valence-corrected chi connectivity index (χ4v) is 1.34. The Labute approximate surface area is 87.3 Å². The lowest BCUT2D eigenvalue weighted by molar-refractivity contribution is -0.143. The Balaban J connectivity index is 3.44. The average molecular weight is 198 g/mol. The van der Waals surface area contributed by atoms with Crippen molar-refractivity contribution in [2.75, 3.05) is 6.61 Å². The zero-order chi connectivity index (χ0) is 10.8. The van der Waals surface area contributed by atoms with Gasteiger partial charge >= 0.3 is 5.97 Å². The molecule has 82 valence electrons. The number of unbranched alkanes of at least 4 members (excludes halogenated alkanes) is 2. The Bertz CT molecular complexity index is 164. The lowest BCUT2D eigenvalue weighted by Gasteiger charge is -2.09. The van der Waals surface area contributed by atoms with Gasteiger partial charge in [0.25, 0.3) is 0 Å². The summed E-state index contributed by atoms with van der Waals surface area (Å²) in [4.78, 5) is 11.2. The molecule has 0 saturated carbocycles. The third-order valence-corrected chi connectivity index (χ3v) is 2.18. The van der Waals surface area contributed by atoms with E-state index in [1.54, 1.807) is 6.08 Å². The standard InChI is InChI=1S/C12H22O2/c1-4-6-7-8-11(3)10-12(13)14-9-5-2/h5,11H,2,4,6-10H2,1,3H3. The predicted octanol–water partition coefficient (Wildman–Crippen LogP) is 3.32. The molecule has 0 aromatic heterocycles. The number of ether oxygens (including phenoxy) is 1. The van der Waals surface area contributed by atoms with Crippen molar-refractivity contribution in [2.24, 2.45) is 5.92 Å².